The maximum Gasteiger partial charge on any atom is 0.123 e. The van der Waals surface area contributed by atoms with Gasteiger partial charge in [0.25, 0.3) is 0 Å². The van der Waals surface area contributed by atoms with E-state index in [1.165, 1.54) is 12.1 Å². The molecule has 0 amide bonds. The molecule has 0 saturated carbocycles. The molecule has 0 heterocycles. The molecule has 2 aromatic rings. The highest BCUT2D eigenvalue weighted by Crippen LogP contribution is 2.30. The summed E-state index contributed by atoms with van der Waals surface area (Å²) in [4.78, 5) is 1.85. The summed E-state index contributed by atoms with van der Waals surface area (Å²) in [6, 6.07) is 13.9. The smallest absolute Gasteiger partial charge is 0.123 e. The van der Waals surface area contributed by atoms with Gasteiger partial charge >= 0.3 is 0 Å². The molecule has 2 nitrogen and oxygen atoms in total. The van der Waals surface area contributed by atoms with E-state index in [4.69, 9.17) is 0 Å². The zero-order chi connectivity index (χ0) is 13.1. The van der Waals surface area contributed by atoms with E-state index in [9.17, 15) is 9.65 Å². The molecule has 0 atom stereocenters. The molecule has 18 heavy (non-hydrogen) atoms. The monoisotopic (exact) mass is 304 g/mol. The molecule has 0 N–H and O–H groups in total. The molecular weight excluding hydrogens is 295 g/mol. The summed E-state index contributed by atoms with van der Waals surface area (Å²) < 4.78 is 13.6. The van der Waals surface area contributed by atoms with E-state index in [-0.39, 0.29) is 5.82 Å². The molecule has 0 bridgehead atoms. The topological polar surface area (TPSA) is 27.0 Å². The van der Waals surface area contributed by atoms with E-state index in [1.54, 1.807) is 12.1 Å². The van der Waals surface area contributed by atoms with Crippen molar-refractivity contribution in [3.63, 3.8) is 0 Å². The largest absolute Gasteiger partial charge is 0.344 e. The van der Waals surface area contributed by atoms with Crippen molar-refractivity contribution in [1.82, 2.24) is 0 Å². The third kappa shape index (κ3) is 2.36. The third-order valence-electron chi connectivity index (χ3n) is 2.68. The Hall–Kier alpha value is -1.86. The first-order valence-electron chi connectivity index (χ1n) is 5.31. The molecule has 90 valence electrons. The first-order chi connectivity index (χ1) is 8.63. The van der Waals surface area contributed by atoms with Gasteiger partial charge < -0.3 is 4.90 Å². The predicted molar refractivity (Wildman–Crippen MR) is 73.3 cm³/mol. The van der Waals surface area contributed by atoms with E-state index in [1.807, 2.05) is 30.1 Å². The van der Waals surface area contributed by atoms with E-state index >= 15 is 0 Å². The predicted octanol–water partition coefficient (Wildman–Crippen LogP) is 4.23. The first-order valence-corrected chi connectivity index (χ1v) is 6.10. The van der Waals surface area contributed by atoms with Crippen molar-refractivity contribution in [2.24, 2.45) is 0 Å². The molecule has 0 saturated heterocycles. The molecule has 0 aromatic heterocycles. The Bertz CT molecular complexity index is 602. The van der Waals surface area contributed by atoms with Gasteiger partial charge in [0.2, 0.25) is 0 Å². The molecule has 0 spiro atoms. The fourth-order valence-corrected chi connectivity index (χ4v) is 2.15. The Morgan fingerprint density at radius 1 is 1.17 bits per heavy atom. The molecule has 2 aromatic carbocycles. The summed E-state index contributed by atoms with van der Waals surface area (Å²) in [6.07, 6.45) is 0. The van der Waals surface area contributed by atoms with Gasteiger partial charge in [-0.05, 0) is 52.3 Å². The maximum absolute atomic E-state index is 12.9. The Balaban J connectivity index is 2.46. The van der Waals surface area contributed by atoms with Gasteiger partial charge in [0.05, 0.1) is 11.3 Å². The van der Waals surface area contributed by atoms with Crippen molar-refractivity contribution < 1.29 is 4.39 Å². The quantitative estimate of drug-likeness (QED) is 0.830. The van der Waals surface area contributed by atoms with Crippen LogP contribution in [0, 0.1) is 17.1 Å². The number of nitriles is 1. The maximum atomic E-state index is 12.9. The molecule has 2 rings (SSSR count). The fourth-order valence-electron chi connectivity index (χ4n) is 1.71. The Morgan fingerprint density at radius 2 is 1.83 bits per heavy atom. The fraction of sp³-hybridized carbons (Fsp3) is 0.0714. The molecular formula is C14H10BrFN2. The number of hydrogen-bond acceptors (Lipinski definition) is 2. The Morgan fingerprint density at radius 3 is 2.44 bits per heavy atom. The molecule has 4 heteroatoms. The summed E-state index contributed by atoms with van der Waals surface area (Å²) in [5.74, 6) is -0.276. The SMILES string of the molecule is CN(c1ccc(F)cc1)c1cccc(Br)c1C#N. The summed E-state index contributed by atoms with van der Waals surface area (Å²) in [5.41, 5.74) is 2.16. The van der Waals surface area contributed by atoms with Gasteiger partial charge in [0, 0.05) is 17.2 Å². The van der Waals surface area contributed by atoms with Crippen LogP contribution >= 0.6 is 15.9 Å². The lowest BCUT2D eigenvalue weighted by molar-refractivity contribution is 0.628. The van der Waals surface area contributed by atoms with Crippen molar-refractivity contribution in [2.75, 3.05) is 11.9 Å². The van der Waals surface area contributed by atoms with Crippen LogP contribution in [0.25, 0.3) is 0 Å². The van der Waals surface area contributed by atoms with E-state index in [0.717, 1.165) is 15.8 Å². The normalized spacial score (nSPS) is 9.89. The lowest BCUT2D eigenvalue weighted by Gasteiger charge is -2.21. The minimum atomic E-state index is -0.276. The second kappa shape index (κ2) is 5.19. The van der Waals surface area contributed by atoms with Gasteiger partial charge in [0.15, 0.2) is 0 Å². The molecule has 0 aliphatic carbocycles. The molecule has 0 unspecified atom stereocenters. The number of anilines is 2. The standard InChI is InChI=1S/C14H10BrFN2/c1-18(11-7-5-10(16)6-8-11)14-4-2-3-13(15)12(14)9-17/h2-8H,1H3. The second-order valence-corrected chi connectivity index (χ2v) is 4.64. The van der Waals surface area contributed by atoms with Gasteiger partial charge in [-0.3, -0.25) is 0 Å². The van der Waals surface area contributed by atoms with Gasteiger partial charge in [-0.15, -0.1) is 0 Å². The summed E-state index contributed by atoms with van der Waals surface area (Å²) in [6.45, 7) is 0. The Labute approximate surface area is 113 Å². The van der Waals surface area contributed by atoms with Crippen LogP contribution in [0.1, 0.15) is 5.56 Å². The zero-order valence-electron chi connectivity index (χ0n) is 9.69. The lowest BCUT2D eigenvalue weighted by Crippen LogP contribution is -2.11. The van der Waals surface area contributed by atoms with Crippen molar-refractivity contribution in [3.8, 4) is 6.07 Å². The van der Waals surface area contributed by atoms with Crippen molar-refractivity contribution in [2.45, 2.75) is 0 Å². The average Bonchev–Trinajstić information content (AvgIpc) is 2.38. The number of nitrogens with zero attached hydrogens (tertiary/aromatic N) is 2. The minimum absolute atomic E-state index is 0.276. The zero-order valence-corrected chi connectivity index (χ0v) is 11.3. The minimum Gasteiger partial charge on any atom is -0.344 e. The number of halogens is 2. The van der Waals surface area contributed by atoms with E-state index < -0.39 is 0 Å². The molecule has 0 radical (unpaired) electrons. The molecule has 0 aliphatic heterocycles. The number of hydrogen-bond donors (Lipinski definition) is 0. The number of benzene rings is 2. The van der Waals surface area contributed by atoms with Crippen LogP contribution in [0.2, 0.25) is 0 Å². The van der Waals surface area contributed by atoms with Crippen molar-refractivity contribution >= 4 is 27.3 Å². The van der Waals surface area contributed by atoms with Crippen molar-refractivity contribution in [3.05, 3.63) is 58.3 Å². The highest BCUT2D eigenvalue weighted by atomic mass is 79.9. The van der Waals surface area contributed by atoms with Crippen LogP contribution in [0.15, 0.2) is 46.9 Å². The third-order valence-corrected chi connectivity index (χ3v) is 3.34. The first kappa shape index (κ1) is 12.6. The highest BCUT2D eigenvalue weighted by molar-refractivity contribution is 9.10. The van der Waals surface area contributed by atoms with Gasteiger partial charge in [0.1, 0.15) is 11.9 Å². The highest BCUT2D eigenvalue weighted by Gasteiger charge is 2.11. The van der Waals surface area contributed by atoms with Crippen molar-refractivity contribution in [1.29, 1.82) is 5.26 Å². The molecule has 0 fully saturated rings. The lowest BCUT2D eigenvalue weighted by atomic mass is 10.1. The van der Waals surface area contributed by atoms with E-state index in [2.05, 4.69) is 22.0 Å². The number of rotatable bonds is 2. The van der Waals surface area contributed by atoms with Gasteiger partial charge in [-0.2, -0.15) is 5.26 Å². The summed E-state index contributed by atoms with van der Waals surface area (Å²) in [7, 11) is 1.84. The summed E-state index contributed by atoms with van der Waals surface area (Å²) >= 11 is 3.35. The van der Waals surface area contributed by atoms with Gasteiger partial charge in [-0.25, -0.2) is 4.39 Å². The van der Waals surface area contributed by atoms with Crippen LogP contribution in [-0.4, -0.2) is 7.05 Å². The Kier molecular flexibility index (Phi) is 3.63. The molecule has 0 aliphatic rings. The van der Waals surface area contributed by atoms with Crippen LogP contribution in [0.5, 0.6) is 0 Å². The van der Waals surface area contributed by atoms with Crippen LogP contribution in [0.3, 0.4) is 0 Å². The van der Waals surface area contributed by atoms with Crippen LogP contribution < -0.4 is 4.90 Å². The van der Waals surface area contributed by atoms with Gasteiger partial charge in [-0.1, -0.05) is 6.07 Å². The van der Waals surface area contributed by atoms with Crippen LogP contribution in [-0.2, 0) is 0 Å². The van der Waals surface area contributed by atoms with Crippen LogP contribution in [0.4, 0.5) is 15.8 Å². The van der Waals surface area contributed by atoms with E-state index in [0.29, 0.717) is 5.56 Å². The second-order valence-electron chi connectivity index (χ2n) is 3.78. The summed E-state index contributed by atoms with van der Waals surface area (Å²) in [5, 5.41) is 9.17. The average molecular weight is 305 g/mol.